The van der Waals surface area contributed by atoms with E-state index in [-0.39, 0.29) is 11.2 Å². The van der Waals surface area contributed by atoms with E-state index in [2.05, 4.69) is 0 Å². The van der Waals surface area contributed by atoms with Crippen LogP contribution in [0.4, 0.5) is 0 Å². The standard InChI is InChI=1S/C16H19NO/c1-16(2,3)15(17)14(18)13-9-8-11-6-4-5-7-12(11)10-13/h4-10,15H,17H2,1-3H3. The highest BCUT2D eigenvalue weighted by atomic mass is 16.1. The molecule has 0 radical (unpaired) electrons. The van der Waals surface area contributed by atoms with Crippen molar-refractivity contribution in [2.75, 3.05) is 0 Å². The van der Waals surface area contributed by atoms with Crippen molar-refractivity contribution in [2.24, 2.45) is 11.1 Å². The topological polar surface area (TPSA) is 43.1 Å². The Balaban J connectivity index is 2.40. The molecule has 0 saturated carbocycles. The number of carbonyl (C=O) groups excluding carboxylic acids is 1. The number of benzene rings is 2. The van der Waals surface area contributed by atoms with Crippen LogP contribution in [-0.2, 0) is 0 Å². The third kappa shape index (κ3) is 2.44. The maximum Gasteiger partial charge on any atom is 0.180 e. The first-order valence-electron chi connectivity index (χ1n) is 6.18. The molecule has 2 rings (SSSR count). The molecule has 2 aromatic carbocycles. The van der Waals surface area contributed by atoms with Gasteiger partial charge in [-0.25, -0.2) is 0 Å². The molecule has 94 valence electrons. The number of hydrogen-bond acceptors (Lipinski definition) is 2. The van der Waals surface area contributed by atoms with Gasteiger partial charge in [-0.05, 0) is 22.3 Å². The first kappa shape index (κ1) is 12.8. The molecule has 0 heterocycles. The summed E-state index contributed by atoms with van der Waals surface area (Å²) in [5.41, 5.74) is 6.49. The van der Waals surface area contributed by atoms with E-state index in [9.17, 15) is 4.79 Å². The Morgan fingerprint density at radius 3 is 2.28 bits per heavy atom. The van der Waals surface area contributed by atoms with Crippen molar-refractivity contribution in [3.8, 4) is 0 Å². The minimum atomic E-state index is -0.473. The van der Waals surface area contributed by atoms with E-state index in [4.69, 9.17) is 5.73 Å². The largest absolute Gasteiger partial charge is 0.321 e. The summed E-state index contributed by atoms with van der Waals surface area (Å²) in [6.07, 6.45) is 0. The minimum absolute atomic E-state index is 0.00764. The first-order chi connectivity index (χ1) is 8.39. The predicted octanol–water partition coefficient (Wildman–Crippen LogP) is 3.40. The molecule has 2 N–H and O–H groups in total. The van der Waals surface area contributed by atoms with Crippen molar-refractivity contribution in [3.05, 3.63) is 48.0 Å². The lowest BCUT2D eigenvalue weighted by atomic mass is 9.82. The highest BCUT2D eigenvalue weighted by Crippen LogP contribution is 2.23. The van der Waals surface area contributed by atoms with Gasteiger partial charge >= 0.3 is 0 Å². The Kier molecular flexibility index (Phi) is 3.22. The second-order valence-corrected chi connectivity index (χ2v) is 5.77. The van der Waals surface area contributed by atoms with Crippen molar-refractivity contribution in [3.63, 3.8) is 0 Å². The average Bonchev–Trinajstić information content (AvgIpc) is 2.35. The molecule has 0 spiro atoms. The van der Waals surface area contributed by atoms with E-state index in [0.717, 1.165) is 10.8 Å². The van der Waals surface area contributed by atoms with Crippen LogP contribution in [0.1, 0.15) is 31.1 Å². The van der Waals surface area contributed by atoms with E-state index >= 15 is 0 Å². The average molecular weight is 241 g/mol. The molecule has 2 aromatic rings. The van der Waals surface area contributed by atoms with Crippen molar-refractivity contribution in [2.45, 2.75) is 26.8 Å². The van der Waals surface area contributed by atoms with Gasteiger partial charge in [0.05, 0.1) is 6.04 Å². The van der Waals surface area contributed by atoms with Crippen molar-refractivity contribution in [1.82, 2.24) is 0 Å². The summed E-state index contributed by atoms with van der Waals surface area (Å²) in [5, 5.41) is 2.21. The Labute approximate surface area is 108 Å². The second kappa shape index (κ2) is 4.54. The summed E-state index contributed by atoms with van der Waals surface area (Å²) < 4.78 is 0. The minimum Gasteiger partial charge on any atom is -0.321 e. The number of Topliss-reactive ketones (excluding diaryl/α,β-unsaturated/α-hetero) is 1. The van der Waals surface area contributed by atoms with Gasteiger partial charge in [0.25, 0.3) is 0 Å². The highest BCUT2D eigenvalue weighted by Gasteiger charge is 2.28. The molecule has 0 aromatic heterocycles. The lowest BCUT2D eigenvalue weighted by Gasteiger charge is -2.25. The summed E-state index contributed by atoms with van der Waals surface area (Å²) in [6.45, 7) is 5.95. The summed E-state index contributed by atoms with van der Waals surface area (Å²) in [7, 11) is 0. The Morgan fingerprint density at radius 2 is 1.67 bits per heavy atom. The second-order valence-electron chi connectivity index (χ2n) is 5.77. The fraction of sp³-hybridized carbons (Fsp3) is 0.312. The predicted molar refractivity (Wildman–Crippen MR) is 75.7 cm³/mol. The van der Waals surface area contributed by atoms with Crippen LogP contribution in [0.3, 0.4) is 0 Å². The molecule has 0 aliphatic rings. The molecule has 0 amide bonds. The van der Waals surface area contributed by atoms with Crippen molar-refractivity contribution < 1.29 is 4.79 Å². The quantitative estimate of drug-likeness (QED) is 0.819. The molecule has 0 bridgehead atoms. The number of ketones is 1. The molecule has 18 heavy (non-hydrogen) atoms. The molecule has 0 saturated heterocycles. The van der Waals surface area contributed by atoms with Gasteiger partial charge in [0.2, 0.25) is 0 Å². The molecular formula is C16H19NO. The number of carbonyl (C=O) groups is 1. The smallest absolute Gasteiger partial charge is 0.180 e. The number of rotatable bonds is 2. The summed E-state index contributed by atoms with van der Waals surface area (Å²) >= 11 is 0. The van der Waals surface area contributed by atoms with Crippen LogP contribution in [0.25, 0.3) is 10.8 Å². The van der Waals surface area contributed by atoms with Crippen LogP contribution >= 0.6 is 0 Å². The Morgan fingerprint density at radius 1 is 1.06 bits per heavy atom. The lowest BCUT2D eigenvalue weighted by molar-refractivity contribution is 0.0901. The molecule has 2 heteroatoms. The van der Waals surface area contributed by atoms with Crippen molar-refractivity contribution in [1.29, 1.82) is 0 Å². The van der Waals surface area contributed by atoms with Crippen LogP contribution in [0.5, 0.6) is 0 Å². The van der Waals surface area contributed by atoms with Gasteiger partial charge < -0.3 is 5.73 Å². The van der Waals surface area contributed by atoms with Gasteiger partial charge in [-0.15, -0.1) is 0 Å². The van der Waals surface area contributed by atoms with Crippen LogP contribution < -0.4 is 5.73 Å². The van der Waals surface area contributed by atoms with Crippen LogP contribution in [0.2, 0.25) is 0 Å². The molecular weight excluding hydrogens is 222 g/mol. The summed E-state index contributed by atoms with van der Waals surface area (Å²) in [5.74, 6) is 0.00764. The lowest BCUT2D eigenvalue weighted by Crippen LogP contribution is -2.42. The maximum absolute atomic E-state index is 12.3. The van der Waals surface area contributed by atoms with E-state index in [1.54, 1.807) is 0 Å². The summed E-state index contributed by atoms with van der Waals surface area (Å²) in [4.78, 5) is 12.3. The third-order valence-corrected chi connectivity index (χ3v) is 3.25. The number of hydrogen-bond donors (Lipinski definition) is 1. The van der Waals surface area contributed by atoms with Gasteiger partial charge in [0, 0.05) is 5.56 Å². The van der Waals surface area contributed by atoms with E-state index < -0.39 is 6.04 Å². The number of nitrogens with two attached hydrogens (primary N) is 1. The van der Waals surface area contributed by atoms with Gasteiger partial charge in [0.15, 0.2) is 5.78 Å². The SMILES string of the molecule is CC(C)(C)C(N)C(=O)c1ccc2ccccc2c1. The monoisotopic (exact) mass is 241 g/mol. The first-order valence-corrected chi connectivity index (χ1v) is 6.18. The molecule has 0 aliphatic heterocycles. The Hall–Kier alpha value is -1.67. The van der Waals surface area contributed by atoms with E-state index in [0.29, 0.717) is 5.56 Å². The van der Waals surface area contributed by atoms with Gasteiger partial charge in [-0.3, -0.25) is 4.79 Å². The van der Waals surface area contributed by atoms with E-state index in [1.807, 2.05) is 63.2 Å². The van der Waals surface area contributed by atoms with Crippen LogP contribution in [0, 0.1) is 5.41 Å². The van der Waals surface area contributed by atoms with Crippen LogP contribution in [-0.4, -0.2) is 11.8 Å². The fourth-order valence-electron chi connectivity index (χ4n) is 1.92. The molecule has 1 atom stereocenters. The maximum atomic E-state index is 12.3. The summed E-state index contributed by atoms with van der Waals surface area (Å²) in [6, 6.07) is 13.3. The van der Waals surface area contributed by atoms with Gasteiger partial charge in [-0.1, -0.05) is 57.2 Å². The fourth-order valence-corrected chi connectivity index (χ4v) is 1.92. The van der Waals surface area contributed by atoms with Crippen molar-refractivity contribution >= 4 is 16.6 Å². The van der Waals surface area contributed by atoms with Gasteiger partial charge in [0.1, 0.15) is 0 Å². The third-order valence-electron chi connectivity index (χ3n) is 3.25. The molecule has 0 aliphatic carbocycles. The highest BCUT2D eigenvalue weighted by molar-refractivity contribution is 6.03. The Bertz CT molecular complexity index is 581. The molecule has 2 nitrogen and oxygen atoms in total. The normalized spacial score (nSPS) is 13.6. The van der Waals surface area contributed by atoms with E-state index in [1.165, 1.54) is 0 Å². The zero-order chi connectivity index (χ0) is 13.3. The number of fused-ring (bicyclic) bond motifs is 1. The van der Waals surface area contributed by atoms with Crippen LogP contribution in [0.15, 0.2) is 42.5 Å². The molecule has 0 fully saturated rings. The molecule has 1 unspecified atom stereocenters. The zero-order valence-corrected chi connectivity index (χ0v) is 11.1. The van der Waals surface area contributed by atoms with Gasteiger partial charge in [-0.2, -0.15) is 0 Å². The zero-order valence-electron chi connectivity index (χ0n) is 11.1.